The number of hydrogen-bond donors (Lipinski definition) is 0. The molecule has 20 heavy (non-hydrogen) atoms. The number of amides is 1. The maximum atomic E-state index is 11.9. The number of likely N-dealkylation sites (tertiary alicyclic amines) is 1. The van der Waals surface area contributed by atoms with Gasteiger partial charge < -0.3 is 14.4 Å². The Morgan fingerprint density at radius 3 is 2.45 bits per heavy atom. The van der Waals surface area contributed by atoms with Crippen molar-refractivity contribution in [3.05, 3.63) is 24.5 Å². The Morgan fingerprint density at radius 2 is 1.95 bits per heavy atom. The van der Waals surface area contributed by atoms with Crippen LogP contribution >= 0.6 is 0 Å². The summed E-state index contributed by atoms with van der Waals surface area (Å²) in [4.78, 5) is 13.7. The van der Waals surface area contributed by atoms with Crippen molar-refractivity contribution in [2.45, 2.75) is 46.1 Å². The second kappa shape index (κ2) is 7.36. The molecule has 0 N–H and O–H groups in total. The molecule has 0 aliphatic carbocycles. The van der Waals surface area contributed by atoms with E-state index in [2.05, 4.69) is 6.58 Å². The van der Waals surface area contributed by atoms with E-state index in [-0.39, 0.29) is 6.09 Å². The fourth-order valence-electron chi connectivity index (χ4n) is 2.07. The van der Waals surface area contributed by atoms with Gasteiger partial charge in [-0.2, -0.15) is 0 Å². The smallest absolute Gasteiger partial charge is 0.410 e. The highest BCUT2D eigenvalue weighted by Crippen LogP contribution is 2.20. The fraction of sp³-hybridized carbons (Fsp3) is 0.688. The summed E-state index contributed by atoms with van der Waals surface area (Å²) < 4.78 is 11.0. The molecule has 0 bridgehead atoms. The van der Waals surface area contributed by atoms with Gasteiger partial charge in [0.15, 0.2) is 0 Å². The summed E-state index contributed by atoms with van der Waals surface area (Å²) in [5.41, 5.74) is -0.427. The Hall–Kier alpha value is -1.45. The first kappa shape index (κ1) is 16.6. The largest absolute Gasteiger partial charge is 0.498 e. The van der Waals surface area contributed by atoms with Crippen molar-refractivity contribution in [2.24, 2.45) is 5.92 Å². The van der Waals surface area contributed by atoms with Crippen LogP contribution in [0.5, 0.6) is 0 Å². The lowest BCUT2D eigenvalue weighted by Crippen LogP contribution is -2.42. The molecule has 114 valence electrons. The van der Waals surface area contributed by atoms with Gasteiger partial charge in [0.2, 0.25) is 0 Å². The predicted molar refractivity (Wildman–Crippen MR) is 80.4 cm³/mol. The molecule has 4 nitrogen and oxygen atoms in total. The summed E-state index contributed by atoms with van der Waals surface area (Å²) in [6.07, 6.45) is 5.29. The number of hydrogen-bond acceptors (Lipinski definition) is 3. The molecule has 0 aromatic rings. The highest BCUT2D eigenvalue weighted by molar-refractivity contribution is 5.68. The Bertz CT molecular complexity index is 360. The molecule has 0 aromatic heterocycles. The molecule has 0 unspecified atom stereocenters. The SMILES string of the molecule is C=C/C=C(\C)OCC1CCN(C(=O)OC(C)(C)C)CC1. The van der Waals surface area contributed by atoms with Crippen LogP contribution in [0.3, 0.4) is 0 Å². The maximum absolute atomic E-state index is 11.9. The molecular weight excluding hydrogens is 254 g/mol. The van der Waals surface area contributed by atoms with Crippen LogP contribution in [0.2, 0.25) is 0 Å². The average molecular weight is 281 g/mol. The van der Waals surface area contributed by atoms with E-state index in [1.165, 1.54) is 0 Å². The van der Waals surface area contributed by atoms with Gasteiger partial charge in [-0.15, -0.1) is 0 Å². The molecule has 0 spiro atoms. The molecule has 1 aliphatic heterocycles. The van der Waals surface area contributed by atoms with Crippen molar-refractivity contribution >= 4 is 6.09 Å². The first-order valence-corrected chi connectivity index (χ1v) is 7.22. The van der Waals surface area contributed by atoms with Gasteiger partial charge >= 0.3 is 6.09 Å². The first-order chi connectivity index (χ1) is 9.31. The van der Waals surface area contributed by atoms with E-state index in [9.17, 15) is 4.79 Å². The Morgan fingerprint density at radius 1 is 1.35 bits per heavy atom. The van der Waals surface area contributed by atoms with Crippen molar-refractivity contribution in [2.75, 3.05) is 19.7 Å². The lowest BCUT2D eigenvalue weighted by atomic mass is 9.98. The Balaban J connectivity index is 2.31. The summed E-state index contributed by atoms with van der Waals surface area (Å²) in [6.45, 7) is 13.4. The molecule has 1 amide bonds. The van der Waals surface area contributed by atoms with Crippen LogP contribution in [0, 0.1) is 5.92 Å². The minimum atomic E-state index is -0.427. The normalized spacial score (nSPS) is 17.8. The summed E-state index contributed by atoms with van der Waals surface area (Å²) in [5, 5.41) is 0. The van der Waals surface area contributed by atoms with E-state index in [4.69, 9.17) is 9.47 Å². The van der Waals surface area contributed by atoms with E-state index in [0.717, 1.165) is 31.7 Å². The second-order valence-corrected chi connectivity index (χ2v) is 6.23. The van der Waals surface area contributed by atoms with Crippen molar-refractivity contribution in [1.82, 2.24) is 4.90 Å². The van der Waals surface area contributed by atoms with Crippen LogP contribution < -0.4 is 0 Å². The van der Waals surface area contributed by atoms with E-state index in [0.29, 0.717) is 12.5 Å². The predicted octanol–water partition coefficient (Wildman–Crippen LogP) is 3.74. The summed E-state index contributed by atoms with van der Waals surface area (Å²) in [6, 6.07) is 0. The number of allylic oxidation sites excluding steroid dienone is 3. The lowest BCUT2D eigenvalue weighted by molar-refractivity contribution is 0.0148. The lowest BCUT2D eigenvalue weighted by Gasteiger charge is -2.33. The third-order valence-electron chi connectivity index (χ3n) is 3.17. The molecule has 0 radical (unpaired) electrons. The van der Waals surface area contributed by atoms with Gasteiger partial charge in [0.1, 0.15) is 5.60 Å². The number of ether oxygens (including phenoxy) is 2. The zero-order valence-electron chi connectivity index (χ0n) is 13.1. The number of carbonyl (C=O) groups excluding carboxylic acids is 1. The van der Waals surface area contributed by atoms with Crippen LogP contribution in [0.4, 0.5) is 4.79 Å². The van der Waals surface area contributed by atoms with Gasteiger partial charge in [-0.3, -0.25) is 0 Å². The molecule has 1 fully saturated rings. The number of carbonyl (C=O) groups is 1. The molecule has 0 saturated carbocycles. The minimum absolute atomic E-state index is 0.209. The molecule has 0 aromatic carbocycles. The second-order valence-electron chi connectivity index (χ2n) is 6.23. The molecule has 4 heteroatoms. The van der Waals surface area contributed by atoms with Gasteiger partial charge in [-0.05, 0) is 52.5 Å². The van der Waals surface area contributed by atoms with Gasteiger partial charge in [0, 0.05) is 13.1 Å². The summed E-state index contributed by atoms with van der Waals surface area (Å²) in [7, 11) is 0. The minimum Gasteiger partial charge on any atom is -0.498 e. The van der Waals surface area contributed by atoms with Crippen LogP contribution in [-0.2, 0) is 9.47 Å². The summed E-state index contributed by atoms with van der Waals surface area (Å²) in [5.74, 6) is 1.39. The van der Waals surface area contributed by atoms with Crippen molar-refractivity contribution in [3.63, 3.8) is 0 Å². The van der Waals surface area contributed by atoms with Gasteiger partial charge in [-0.25, -0.2) is 4.79 Å². The quantitative estimate of drug-likeness (QED) is 0.582. The van der Waals surface area contributed by atoms with Crippen molar-refractivity contribution in [3.8, 4) is 0 Å². The number of rotatable bonds is 4. The van der Waals surface area contributed by atoms with Gasteiger partial charge in [-0.1, -0.05) is 12.7 Å². The molecule has 0 atom stereocenters. The molecular formula is C16H27NO3. The van der Waals surface area contributed by atoms with E-state index >= 15 is 0 Å². The Labute approximate surface area is 122 Å². The number of piperidine rings is 1. The van der Waals surface area contributed by atoms with E-state index < -0.39 is 5.60 Å². The highest BCUT2D eigenvalue weighted by Gasteiger charge is 2.26. The Kier molecular flexibility index (Phi) is 6.11. The molecule has 1 saturated heterocycles. The average Bonchev–Trinajstić information content (AvgIpc) is 2.35. The van der Waals surface area contributed by atoms with E-state index in [1.54, 1.807) is 11.0 Å². The van der Waals surface area contributed by atoms with E-state index in [1.807, 2.05) is 33.8 Å². The third-order valence-corrected chi connectivity index (χ3v) is 3.17. The monoisotopic (exact) mass is 281 g/mol. The zero-order valence-corrected chi connectivity index (χ0v) is 13.1. The zero-order chi connectivity index (χ0) is 15.2. The molecule has 1 rings (SSSR count). The van der Waals surface area contributed by atoms with Crippen molar-refractivity contribution < 1.29 is 14.3 Å². The molecule has 1 heterocycles. The standard InChI is InChI=1S/C16H27NO3/c1-6-7-13(2)19-12-14-8-10-17(11-9-14)15(18)20-16(3,4)5/h6-7,14H,1,8-12H2,2-5H3/b13-7+. The third kappa shape index (κ3) is 6.13. The van der Waals surface area contributed by atoms with Crippen LogP contribution in [-0.4, -0.2) is 36.3 Å². The van der Waals surface area contributed by atoms with Gasteiger partial charge in [0.05, 0.1) is 12.4 Å². The van der Waals surface area contributed by atoms with Crippen molar-refractivity contribution in [1.29, 1.82) is 0 Å². The fourth-order valence-corrected chi connectivity index (χ4v) is 2.07. The highest BCUT2D eigenvalue weighted by atomic mass is 16.6. The van der Waals surface area contributed by atoms with Crippen LogP contribution in [0.15, 0.2) is 24.5 Å². The maximum Gasteiger partial charge on any atom is 0.410 e. The summed E-state index contributed by atoms with van der Waals surface area (Å²) >= 11 is 0. The topological polar surface area (TPSA) is 38.8 Å². The van der Waals surface area contributed by atoms with Crippen LogP contribution in [0.1, 0.15) is 40.5 Å². The first-order valence-electron chi connectivity index (χ1n) is 7.22. The van der Waals surface area contributed by atoms with Gasteiger partial charge in [0.25, 0.3) is 0 Å². The van der Waals surface area contributed by atoms with Crippen LogP contribution in [0.25, 0.3) is 0 Å². The molecule has 1 aliphatic rings. The number of nitrogens with zero attached hydrogens (tertiary/aromatic N) is 1.